The van der Waals surface area contributed by atoms with Gasteiger partial charge in [-0.3, -0.25) is 29.0 Å². The highest BCUT2D eigenvalue weighted by Gasteiger charge is 2.26. The van der Waals surface area contributed by atoms with E-state index in [4.69, 9.17) is 14.9 Å². The predicted molar refractivity (Wildman–Crippen MR) is 144 cm³/mol. The molecule has 2 amide bonds. The lowest BCUT2D eigenvalue weighted by atomic mass is 9.86. The van der Waals surface area contributed by atoms with Gasteiger partial charge in [-0.2, -0.15) is 0 Å². The van der Waals surface area contributed by atoms with Gasteiger partial charge in [0.25, 0.3) is 5.91 Å². The van der Waals surface area contributed by atoms with Crippen molar-refractivity contribution in [1.29, 1.82) is 0 Å². The van der Waals surface area contributed by atoms with Crippen molar-refractivity contribution in [3.8, 4) is 5.75 Å². The molecule has 0 spiro atoms. The molecule has 11 nitrogen and oxygen atoms in total. The SMILES string of the molecule is CN(CCCC1CCCCC1)C(=O)[C@H](CCC(=O)O)NC(=O)c1ccc2c(C=O)c(OP(=O)(O)O)ccc2c1. The van der Waals surface area contributed by atoms with Crippen LogP contribution in [0.2, 0.25) is 0 Å². The van der Waals surface area contributed by atoms with E-state index in [1.54, 1.807) is 7.05 Å². The number of rotatable bonds is 13. The average molecular weight is 563 g/mol. The first-order valence-electron chi connectivity index (χ1n) is 13.0. The van der Waals surface area contributed by atoms with Gasteiger partial charge in [0.15, 0.2) is 6.29 Å². The molecular formula is C27H35N2O9P. The molecule has 3 rings (SSSR count). The van der Waals surface area contributed by atoms with E-state index in [2.05, 4.69) is 9.84 Å². The number of carbonyl (C=O) groups is 4. The Bertz CT molecular complexity index is 1250. The Labute approximate surface area is 226 Å². The van der Waals surface area contributed by atoms with Gasteiger partial charge in [-0.15, -0.1) is 0 Å². The van der Waals surface area contributed by atoms with E-state index in [1.165, 1.54) is 67.3 Å². The van der Waals surface area contributed by atoms with E-state index in [0.29, 0.717) is 29.5 Å². The summed E-state index contributed by atoms with van der Waals surface area (Å²) in [6.07, 6.45) is 8.11. The first-order chi connectivity index (χ1) is 18.5. The number of fused-ring (bicyclic) bond motifs is 1. The maximum atomic E-state index is 13.2. The molecule has 0 bridgehead atoms. The highest BCUT2D eigenvalue weighted by Crippen LogP contribution is 2.40. The average Bonchev–Trinajstić information content (AvgIpc) is 2.89. The Morgan fingerprint density at radius 3 is 2.51 bits per heavy atom. The summed E-state index contributed by atoms with van der Waals surface area (Å²) in [5.41, 5.74) is 0.0724. The third kappa shape index (κ3) is 8.88. The van der Waals surface area contributed by atoms with Gasteiger partial charge in [-0.1, -0.05) is 44.2 Å². The monoisotopic (exact) mass is 562 g/mol. The zero-order valence-electron chi connectivity index (χ0n) is 21.9. The Kier molecular flexibility index (Phi) is 10.6. The largest absolute Gasteiger partial charge is 0.524 e. The van der Waals surface area contributed by atoms with Gasteiger partial charge in [0.2, 0.25) is 5.91 Å². The summed E-state index contributed by atoms with van der Waals surface area (Å²) in [6.45, 7) is 0.512. The maximum Gasteiger partial charge on any atom is 0.524 e. The molecule has 1 atom stereocenters. The zero-order valence-corrected chi connectivity index (χ0v) is 22.8. The summed E-state index contributed by atoms with van der Waals surface area (Å²) >= 11 is 0. The minimum absolute atomic E-state index is 0.0706. The van der Waals surface area contributed by atoms with Crippen molar-refractivity contribution in [1.82, 2.24) is 10.2 Å². The Morgan fingerprint density at radius 1 is 1.15 bits per heavy atom. The zero-order chi connectivity index (χ0) is 28.6. The molecule has 39 heavy (non-hydrogen) atoms. The van der Waals surface area contributed by atoms with Crippen molar-refractivity contribution >= 4 is 42.7 Å². The maximum absolute atomic E-state index is 13.2. The third-order valence-electron chi connectivity index (χ3n) is 7.08. The fourth-order valence-corrected chi connectivity index (χ4v) is 5.46. The minimum Gasteiger partial charge on any atom is -0.481 e. The van der Waals surface area contributed by atoms with Crippen LogP contribution >= 0.6 is 7.82 Å². The molecule has 12 heteroatoms. The third-order valence-corrected chi connectivity index (χ3v) is 7.51. The van der Waals surface area contributed by atoms with Gasteiger partial charge in [0.1, 0.15) is 11.8 Å². The van der Waals surface area contributed by atoms with E-state index >= 15 is 0 Å². The second kappa shape index (κ2) is 13.7. The van der Waals surface area contributed by atoms with Crippen LogP contribution in [-0.2, 0) is 14.2 Å². The standard InChI is InChI=1S/C27H35N2O9P/c1-29(15-5-8-18-6-3-2-4-7-18)27(34)23(12-14-25(31)32)28-26(33)20-9-11-21-19(16-20)10-13-24(22(21)17-30)38-39(35,36)37/h9-11,13,16-18,23H,2-8,12,14-15H2,1H3,(H,28,33)(H,31,32)(H2,35,36,37)/t23-/m0/s1. The normalized spacial score (nSPS) is 14.9. The summed E-state index contributed by atoms with van der Waals surface area (Å²) in [7, 11) is -3.24. The van der Waals surface area contributed by atoms with Crippen molar-refractivity contribution in [3.05, 3.63) is 41.5 Å². The van der Waals surface area contributed by atoms with Gasteiger partial charge in [-0.25, -0.2) is 4.57 Å². The molecule has 0 aliphatic heterocycles. The number of phosphoric acid groups is 1. The molecule has 0 radical (unpaired) electrons. The van der Waals surface area contributed by atoms with Crippen LogP contribution in [0.1, 0.15) is 78.5 Å². The Morgan fingerprint density at radius 2 is 1.87 bits per heavy atom. The lowest BCUT2D eigenvalue weighted by Crippen LogP contribution is -2.47. The summed E-state index contributed by atoms with van der Waals surface area (Å²) in [4.78, 5) is 68.7. The second-order valence-electron chi connectivity index (χ2n) is 9.98. The van der Waals surface area contributed by atoms with Gasteiger partial charge in [0, 0.05) is 25.6 Å². The van der Waals surface area contributed by atoms with Crippen LogP contribution < -0.4 is 9.84 Å². The second-order valence-corrected chi connectivity index (χ2v) is 11.1. The van der Waals surface area contributed by atoms with E-state index in [1.807, 2.05) is 0 Å². The van der Waals surface area contributed by atoms with E-state index in [0.717, 1.165) is 12.8 Å². The van der Waals surface area contributed by atoms with E-state index < -0.39 is 25.7 Å². The quantitative estimate of drug-likeness (QED) is 0.209. The Hall–Kier alpha value is -3.27. The van der Waals surface area contributed by atoms with Crippen LogP contribution in [0.4, 0.5) is 0 Å². The molecule has 2 aromatic carbocycles. The molecule has 2 aromatic rings. The molecule has 1 saturated carbocycles. The number of phosphoric ester groups is 1. The fourth-order valence-electron chi connectivity index (χ4n) is 5.04. The van der Waals surface area contributed by atoms with Crippen molar-refractivity contribution in [2.75, 3.05) is 13.6 Å². The number of aliphatic carboxylic acids is 1. The van der Waals surface area contributed by atoms with Gasteiger partial charge < -0.3 is 19.8 Å². The van der Waals surface area contributed by atoms with Crippen LogP contribution in [-0.4, -0.2) is 63.5 Å². The number of carboxylic acids is 1. The highest BCUT2D eigenvalue weighted by molar-refractivity contribution is 7.46. The fraction of sp³-hybridized carbons (Fsp3) is 0.481. The number of amides is 2. The number of benzene rings is 2. The lowest BCUT2D eigenvalue weighted by Gasteiger charge is -2.26. The molecule has 0 unspecified atom stereocenters. The Balaban J connectivity index is 1.72. The molecule has 0 saturated heterocycles. The highest BCUT2D eigenvalue weighted by atomic mass is 31.2. The molecule has 0 heterocycles. The van der Waals surface area contributed by atoms with Crippen LogP contribution in [0.25, 0.3) is 10.8 Å². The topological polar surface area (TPSA) is 171 Å². The van der Waals surface area contributed by atoms with Crippen molar-refractivity contribution < 1.29 is 43.2 Å². The number of carboxylic acid groups (broad SMARTS) is 1. The molecule has 1 aliphatic carbocycles. The molecular weight excluding hydrogens is 527 g/mol. The van der Waals surface area contributed by atoms with Crippen LogP contribution in [0, 0.1) is 5.92 Å². The predicted octanol–water partition coefficient (Wildman–Crippen LogP) is 3.91. The van der Waals surface area contributed by atoms with E-state index in [-0.39, 0.29) is 35.6 Å². The van der Waals surface area contributed by atoms with Gasteiger partial charge in [-0.05, 0) is 54.2 Å². The molecule has 212 valence electrons. The number of likely N-dealkylation sites (N-methyl/N-ethyl adjacent to an activating group) is 1. The number of carbonyl (C=O) groups excluding carboxylic acids is 3. The van der Waals surface area contributed by atoms with Gasteiger partial charge in [0.05, 0.1) is 5.56 Å². The minimum atomic E-state index is -4.89. The van der Waals surface area contributed by atoms with Crippen LogP contribution in [0.3, 0.4) is 0 Å². The van der Waals surface area contributed by atoms with Crippen molar-refractivity contribution in [2.45, 2.75) is 63.8 Å². The molecule has 4 N–H and O–H groups in total. The number of aldehydes is 1. The van der Waals surface area contributed by atoms with E-state index in [9.17, 15) is 23.7 Å². The summed E-state index contributed by atoms with van der Waals surface area (Å²) in [5, 5.41) is 12.5. The summed E-state index contributed by atoms with van der Waals surface area (Å²) in [6, 6.07) is 5.93. The molecule has 1 fully saturated rings. The first kappa shape index (κ1) is 30.3. The first-order valence-corrected chi connectivity index (χ1v) is 14.6. The van der Waals surface area contributed by atoms with Crippen molar-refractivity contribution in [2.24, 2.45) is 5.92 Å². The summed E-state index contributed by atoms with van der Waals surface area (Å²) in [5.74, 6) is -1.66. The van der Waals surface area contributed by atoms with Crippen LogP contribution in [0.15, 0.2) is 30.3 Å². The smallest absolute Gasteiger partial charge is 0.481 e. The lowest BCUT2D eigenvalue weighted by molar-refractivity contribution is -0.137. The van der Waals surface area contributed by atoms with Crippen molar-refractivity contribution in [3.63, 3.8) is 0 Å². The number of hydrogen-bond donors (Lipinski definition) is 4. The van der Waals surface area contributed by atoms with Crippen LogP contribution in [0.5, 0.6) is 5.75 Å². The molecule has 0 aromatic heterocycles. The molecule has 1 aliphatic rings. The summed E-state index contributed by atoms with van der Waals surface area (Å²) < 4.78 is 15.8. The number of hydrogen-bond acceptors (Lipinski definition) is 6. The number of nitrogens with zero attached hydrogens (tertiary/aromatic N) is 1. The number of nitrogens with one attached hydrogen (secondary N) is 1. The van der Waals surface area contributed by atoms with Gasteiger partial charge >= 0.3 is 13.8 Å².